The number of aromatic carboxylic acids is 1. The Hall–Kier alpha value is -1.69. The molecule has 1 N–H and O–H groups in total. The van der Waals surface area contributed by atoms with Gasteiger partial charge in [0.15, 0.2) is 0 Å². The first-order valence-electron chi connectivity index (χ1n) is 4.05. The number of carbonyl (C=O) groups is 1. The molecule has 0 atom stereocenters. The van der Waals surface area contributed by atoms with Gasteiger partial charge in [0.05, 0.1) is 18.1 Å². The molecule has 5 nitrogen and oxygen atoms in total. The molecule has 76 valence electrons. The number of aromatic nitrogens is 3. The van der Waals surface area contributed by atoms with E-state index < -0.39 is 5.97 Å². The quantitative estimate of drug-likeness (QED) is 0.900. The number of nitrogens with zero attached hydrogens (tertiary/aromatic N) is 3. The van der Waals surface area contributed by atoms with Crippen LogP contribution in [0.1, 0.15) is 10.5 Å². The minimum atomic E-state index is -0.996. The second-order valence-corrected chi connectivity index (χ2v) is 3.73. The first-order valence-corrected chi connectivity index (χ1v) is 4.84. The lowest BCUT2D eigenvalue weighted by Crippen LogP contribution is -2.05. The first kappa shape index (κ1) is 9.85. The number of hydrogen-bond acceptors (Lipinski definition) is 3. The van der Waals surface area contributed by atoms with Gasteiger partial charge in [0.2, 0.25) is 0 Å². The predicted molar refractivity (Wildman–Crippen MR) is 56.0 cm³/mol. The van der Waals surface area contributed by atoms with E-state index >= 15 is 0 Å². The fourth-order valence-electron chi connectivity index (χ4n) is 1.22. The summed E-state index contributed by atoms with van der Waals surface area (Å²) >= 11 is 3.22. The van der Waals surface area contributed by atoms with Gasteiger partial charge < -0.3 is 9.67 Å². The molecular formula is C9H6BrN3O2. The Kier molecular flexibility index (Phi) is 2.51. The van der Waals surface area contributed by atoms with Gasteiger partial charge in [0, 0.05) is 10.7 Å². The molecule has 0 bridgehead atoms. The predicted octanol–water partition coefficient (Wildman–Crippen LogP) is 1.73. The highest BCUT2D eigenvalue weighted by atomic mass is 79.9. The van der Waals surface area contributed by atoms with Gasteiger partial charge in [-0.1, -0.05) is 0 Å². The van der Waals surface area contributed by atoms with Crippen LogP contribution >= 0.6 is 15.9 Å². The summed E-state index contributed by atoms with van der Waals surface area (Å²) in [6, 6.07) is 1.52. The first-order chi connectivity index (χ1) is 7.18. The highest BCUT2D eigenvalue weighted by Gasteiger charge is 2.12. The van der Waals surface area contributed by atoms with Crippen LogP contribution in [0.5, 0.6) is 0 Å². The van der Waals surface area contributed by atoms with Crippen LogP contribution < -0.4 is 0 Å². The normalized spacial score (nSPS) is 10.2. The number of rotatable bonds is 2. The molecule has 0 amide bonds. The summed E-state index contributed by atoms with van der Waals surface area (Å²) in [6.07, 6.45) is 6.14. The van der Waals surface area contributed by atoms with Crippen molar-refractivity contribution in [2.24, 2.45) is 0 Å². The van der Waals surface area contributed by atoms with Gasteiger partial charge in [0.1, 0.15) is 12.0 Å². The van der Waals surface area contributed by atoms with Crippen molar-refractivity contribution >= 4 is 21.9 Å². The molecule has 0 aromatic carbocycles. The van der Waals surface area contributed by atoms with E-state index in [2.05, 4.69) is 25.9 Å². The molecule has 0 aliphatic heterocycles. The summed E-state index contributed by atoms with van der Waals surface area (Å²) in [5.41, 5.74) is 0.775. The Labute approximate surface area is 93.5 Å². The maximum Gasteiger partial charge on any atom is 0.352 e. The van der Waals surface area contributed by atoms with E-state index in [1.54, 1.807) is 18.6 Å². The Morgan fingerprint density at radius 1 is 1.40 bits per heavy atom. The van der Waals surface area contributed by atoms with Gasteiger partial charge in [-0.05, 0) is 22.0 Å². The molecule has 0 saturated heterocycles. The fourth-order valence-corrected chi connectivity index (χ4v) is 1.65. The second kappa shape index (κ2) is 3.82. The molecule has 0 aliphatic carbocycles. The summed E-state index contributed by atoms with van der Waals surface area (Å²) in [6.45, 7) is 0. The van der Waals surface area contributed by atoms with Crippen LogP contribution in [-0.2, 0) is 0 Å². The minimum Gasteiger partial charge on any atom is -0.477 e. The van der Waals surface area contributed by atoms with E-state index in [0.717, 1.165) is 0 Å². The molecule has 0 spiro atoms. The molecule has 15 heavy (non-hydrogen) atoms. The van der Waals surface area contributed by atoms with Crippen LogP contribution in [0.15, 0.2) is 35.5 Å². The lowest BCUT2D eigenvalue weighted by molar-refractivity contribution is 0.0688. The third kappa shape index (κ3) is 1.89. The molecule has 0 unspecified atom stereocenters. The van der Waals surface area contributed by atoms with E-state index in [-0.39, 0.29) is 5.69 Å². The summed E-state index contributed by atoms with van der Waals surface area (Å²) in [7, 11) is 0. The molecule has 0 saturated carbocycles. The average molecular weight is 268 g/mol. The molecule has 2 heterocycles. The zero-order valence-corrected chi connectivity index (χ0v) is 9.05. The second-order valence-electron chi connectivity index (χ2n) is 2.82. The van der Waals surface area contributed by atoms with Crippen LogP contribution in [0.25, 0.3) is 5.69 Å². The van der Waals surface area contributed by atoms with Crippen molar-refractivity contribution in [3.05, 3.63) is 41.2 Å². The van der Waals surface area contributed by atoms with Gasteiger partial charge in [-0.2, -0.15) is 0 Å². The van der Waals surface area contributed by atoms with Crippen molar-refractivity contribution in [3.63, 3.8) is 0 Å². The van der Waals surface area contributed by atoms with Gasteiger partial charge >= 0.3 is 5.97 Å². The van der Waals surface area contributed by atoms with Crippen molar-refractivity contribution in [1.29, 1.82) is 0 Å². The summed E-state index contributed by atoms with van der Waals surface area (Å²) in [5, 5.41) is 8.96. The topological polar surface area (TPSA) is 68.0 Å². The van der Waals surface area contributed by atoms with Gasteiger partial charge in [-0.15, -0.1) is 0 Å². The van der Waals surface area contributed by atoms with E-state index in [1.165, 1.54) is 17.0 Å². The highest BCUT2D eigenvalue weighted by Crippen LogP contribution is 2.18. The van der Waals surface area contributed by atoms with E-state index in [9.17, 15) is 4.79 Å². The molecule has 2 rings (SSSR count). The number of carboxylic acid groups (broad SMARTS) is 1. The monoisotopic (exact) mass is 267 g/mol. The van der Waals surface area contributed by atoms with Crippen LogP contribution in [-0.4, -0.2) is 25.6 Å². The Balaban J connectivity index is 2.58. The number of carboxylic acids is 1. The molecule has 0 fully saturated rings. The number of hydrogen-bond donors (Lipinski definition) is 1. The van der Waals surface area contributed by atoms with E-state index in [1.807, 2.05) is 0 Å². The fraction of sp³-hybridized carbons (Fsp3) is 0. The zero-order valence-electron chi connectivity index (χ0n) is 7.46. The van der Waals surface area contributed by atoms with Crippen molar-refractivity contribution in [2.45, 2.75) is 0 Å². The maximum absolute atomic E-state index is 10.9. The Morgan fingerprint density at radius 2 is 2.07 bits per heavy atom. The van der Waals surface area contributed by atoms with Crippen LogP contribution in [0.4, 0.5) is 0 Å². The molecule has 0 radical (unpaired) electrons. The number of halogens is 1. The smallest absolute Gasteiger partial charge is 0.352 e. The maximum atomic E-state index is 10.9. The van der Waals surface area contributed by atoms with Gasteiger partial charge in [-0.3, -0.25) is 0 Å². The van der Waals surface area contributed by atoms with Crippen molar-refractivity contribution in [1.82, 2.24) is 14.5 Å². The highest BCUT2D eigenvalue weighted by molar-refractivity contribution is 9.10. The van der Waals surface area contributed by atoms with Crippen molar-refractivity contribution < 1.29 is 9.90 Å². The third-order valence-electron chi connectivity index (χ3n) is 1.83. The average Bonchev–Trinajstić information content (AvgIpc) is 2.62. The minimum absolute atomic E-state index is 0.164. The molecular weight excluding hydrogens is 262 g/mol. The molecule has 2 aromatic rings. The van der Waals surface area contributed by atoms with Gasteiger partial charge in [-0.25, -0.2) is 14.8 Å². The summed E-state index contributed by atoms with van der Waals surface area (Å²) in [5.74, 6) is -0.996. The molecule has 6 heteroatoms. The van der Waals surface area contributed by atoms with Crippen LogP contribution in [0.2, 0.25) is 0 Å². The van der Waals surface area contributed by atoms with Crippen LogP contribution in [0.3, 0.4) is 0 Å². The lowest BCUT2D eigenvalue weighted by Gasteiger charge is -2.03. The van der Waals surface area contributed by atoms with E-state index in [0.29, 0.717) is 10.2 Å². The van der Waals surface area contributed by atoms with Gasteiger partial charge in [0.25, 0.3) is 0 Å². The lowest BCUT2D eigenvalue weighted by atomic mass is 10.4. The zero-order chi connectivity index (χ0) is 10.8. The van der Waals surface area contributed by atoms with E-state index in [4.69, 9.17) is 5.11 Å². The molecule has 2 aromatic heterocycles. The standard InChI is InChI=1S/C9H6BrN3O2/c10-6-1-8(9(14)15)13(4-6)7-2-11-5-12-3-7/h1-5H,(H,14,15). The van der Waals surface area contributed by atoms with Crippen LogP contribution in [0, 0.1) is 0 Å². The summed E-state index contributed by atoms with van der Waals surface area (Å²) < 4.78 is 2.20. The largest absolute Gasteiger partial charge is 0.477 e. The Morgan fingerprint density at radius 3 is 2.67 bits per heavy atom. The SMILES string of the molecule is O=C(O)c1cc(Br)cn1-c1cncnc1. The summed E-state index contributed by atoms with van der Waals surface area (Å²) in [4.78, 5) is 18.6. The van der Waals surface area contributed by atoms with Crippen molar-refractivity contribution in [3.8, 4) is 5.69 Å². The van der Waals surface area contributed by atoms with Crippen molar-refractivity contribution in [2.75, 3.05) is 0 Å². The Bertz CT molecular complexity index is 495. The molecule has 0 aliphatic rings. The third-order valence-corrected chi connectivity index (χ3v) is 2.26.